The number of piperidine rings is 1. The Morgan fingerprint density at radius 3 is 2.60 bits per heavy atom. The standard InChI is InChI=1S/C11H23N3O/c1-8-4-5-9(2)14(6-8)7-11(3,13)10(12)15/h8-9H,4-7,13H2,1-3H3,(H2,12,15). The summed E-state index contributed by atoms with van der Waals surface area (Å²) in [5, 5.41) is 0. The highest BCUT2D eigenvalue weighted by Crippen LogP contribution is 2.22. The molecule has 0 aliphatic carbocycles. The lowest BCUT2D eigenvalue weighted by Gasteiger charge is -2.40. The first-order valence-electron chi connectivity index (χ1n) is 5.66. The Balaban J connectivity index is 2.59. The Morgan fingerprint density at radius 1 is 1.47 bits per heavy atom. The van der Waals surface area contributed by atoms with Gasteiger partial charge in [0, 0.05) is 19.1 Å². The first-order valence-corrected chi connectivity index (χ1v) is 5.66. The third kappa shape index (κ3) is 3.18. The highest BCUT2D eigenvalue weighted by molar-refractivity contribution is 5.84. The zero-order chi connectivity index (χ0) is 11.6. The van der Waals surface area contributed by atoms with Crippen LogP contribution in [0.3, 0.4) is 0 Å². The molecule has 4 nitrogen and oxygen atoms in total. The molecule has 0 aromatic rings. The molecule has 0 radical (unpaired) electrons. The predicted molar refractivity (Wildman–Crippen MR) is 61.2 cm³/mol. The molecule has 1 amide bonds. The van der Waals surface area contributed by atoms with E-state index < -0.39 is 11.4 Å². The maximum Gasteiger partial charge on any atom is 0.238 e. The van der Waals surface area contributed by atoms with Crippen molar-refractivity contribution >= 4 is 5.91 Å². The molecule has 4 heteroatoms. The third-order valence-electron chi connectivity index (χ3n) is 3.34. The van der Waals surface area contributed by atoms with Crippen LogP contribution in [0.25, 0.3) is 0 Å². The van der Waals surface area contributed by atoms with Gasteiger partial charge in [-0.05, 0) is 32.6 Å². The van der Waals surface area contributed by atoms with Crippen LogP contribution in [0.5, 0.6) is 0 Å². The van der Waals surface area contributed by atoms with Crippen LogP contribution < -0.4 is 11.5 Å². The van der Waals surface area contributed by atoms with Crippen LogP contribution in [0.1, 0.15) is 33.6 Å². The van der Waals surface area contributed by atoms with Crippen molar-refractivity contribution in [2.75, 3.05) is 13.1 Å². The van der Waals surface area contributed by atoms with E-state index in [2.05, 4.69) is 18.7 Å². The molecule has 15 heavy (non-hydrogen) atoms. The summed E-state index contributed by atoms with van der Waals surface area (Å²) in [7, 11) is 0. The minimum absolute atomic E-state index is 0.423. The zero-order valence-corrected chi connectivity index (χ0v) is 9.99. The molecule has 1 saturated heterocycles. The first-order chi connectivity index (χ1) is 6.83. The van der Waals surface area contributed by atoms with Crippen molar-refractivity contribution in [2.45, 2.75) is 45.2 Å². The van der Waals surface area contributed by atoms with E-state index in [1.807, 2.05) is 0 Å². The molecule has 0 saturated carbocycles. The van der Waals surface area contributed by atoms with E-state index in [0.29, 0.717) is 18.5 Å². The van der Waals surface area contributed by atoms with Gasteiger partial charge < -0.3 is 11.5 Å². The molecule has 3 atom stereocenters. The molecular formula is C11H23N3O. The minimum Gasteiger partial charge on any atom is -0.368 e. The van der Waals surface area contributed by atoms with Crippen molar-refractivity contribution in [3.8, 4) is 0 Å². The van der Waals surface area contributed by atoms with Crippen LogP contribution in [0.4, 0.5) is 0 Å². The van der Waals surface area contributed by atoms with Gasteiger partial charge in [-0.1, -0.05) is 6.92 Å². The second-order valence-corrected chi connectivity index (χ2v) is 5.24. The summed E-state index contributed by atoms with van der Waals surface area (Å²) in [4.78, 5) is 13.4. The van der Waals surface area contributed by atoms with E-state index in [1.54, 1.807) is 6.92 Å². The van der Waals surface area contributed by atoms with E-state index in [-0.39, 0.29) is 0 Å². The molecule has 1 aliphatic rings. The van der Waals surface area contributed by atoms with E-state index in [1.165, 1.54) is 12.8 Å². The topological polar surface area (TPSA) is 72.3 Å². The normalized spacial score (nSPS) is 32.3. The Labute approximate surface area is 92.0 Å². The maximum absolute atomic E-state index is 11.2. The molecule has 3 unspecified atom stereocenters. The number of rotatable bonds is 3. The smallest absolute Gasteiger partial charge is 0.238 e. The fourth-order valence-corrected chi connectivity index (χ4v) is 2.10. The average molecular weight is 213 g/mol. The number of carbonyl (C=O) groups is 1. The summed E-state index contributed by atoms with van der Waals surface area (Å²) in [6, 6.07) is 0.503. The number of hydrogen-bond donors (Lipinski definition) is 2. The minimum atomic E-state index is -0.911. The van der Waals surface area contributed by atoms with Gasteiger partial charge in [0.05, 0.1) is 0 Å². The van der Waals surface area contributed by atoms with Crippen molar-refractivity contribution < 1.29 is 4.79 Å². The van der Waals surface area contributed by atoms with Crippen molar-refractivity contribution in [3.63, 3.8) is 0 Å². The van der Waals surface area contributed by atoms with Gasteiger partial charge >= 0.3 is 0 Å². The van der Waals surface area contributed by atoms with Gasteiger partial charge in [-0.25, -0.2) is 0 Å². The average Bonchev–Trinajstić information content (AvgIpc) is 2.10. The SMILES string of the molecule is CC1CCC(C)N(CC(C)(N)C(N)=O)C1. The number of carbonyl (C=O) groups excluding carboxylic acids is 1. The summed E-state index contributed by atoms with van der Waals surface area (Å²) in [5.41, 5.74) is 10.2. The Hall–Kier alpha value is -0.610. The second kappa shape index (κ2) is 4.49. The summed E-state index contributed by atoms with van der Waals surface area (Å²) >= 11 is 0. The van der Waals surface area contributed by atoms with E-state index in [0.717, 1.165) is 6.54 Å². The molecule has 0 aromatic carbocycles. The second-order valence-electron chi connectivity index (χ2n) is 5.24. The summed E-state index contributed by atoms with van der Waals surface area (Å²) in [5.74, 6) is 0.262. The lowest BCUT2D eigenvalue weighted by Crippen LogP contribution is -2.59. The first kappa shape index (κ1) is 12.5. The van der Waals surface area contributed by atoms with Crippen molar-refractivity contribution in [3.05, 3.63) is 0 Å². The number of nitrogens with zero attached hydrogens (tertiary/aromatic N) is 1. The van der Waals surface area contributed by atoms with Gasteiger partial charge in [-0.15, -0.1) is 0 Å². The van der Waals surface area contributed by atoms with Gasteiger partial charge in [0.15, 0.2) is 0 Å². The Bertz CT molecular complexity index is 240. The third-order valence-corrected chi connectivity index (χ3v) is 3.34. The number of likely N-dealkylation sites (tertiary alicyclic amines) is 1. The molecule has 1 aliphatic heterocycles. The molecule has 0 bridgehead atoms. The van der Waals surface area contributed by atoms with E-state index in [4.69, 9.17) is 11.5 Å². The summed E-state index contributed by atoms with van der Waals surface area (Å²) < 4.78 is 0. The molecule has 0 spiro atoms. The summed E-state index contributed by atoms with van der Waals surface area (Å²) in [6.07, 6.45) is 2.44. The molecule has 0 aromatic heterocycles. The predicted octanol–water partition coefficient (Wildman–Crippen LogP) is 0.310. The number of nitrogens with two attached hydrogens (primary N) is 2. The largest absolute Gasteiger partial charge is 0.368 e. The van der Waals surface area contributed by atoms with Crippen LogP contribution in [0.15, 0.2) is 0 Å². The molecule has 1 heterocycles. The Morgan fingerprint density at radius 2 is 2.07 bits per heavy atom. The quantitative estimate of drug-likeness (QED) is 0.708. The highest BCUT2D eigenvalue weighted by Gasteiger charge is 2.32. The van der Waals surface area contributed by atoms with Crippen molar-refractivity contribution in [1.29, 1.82) is 0 Å². The van der Waals surface area contributed by atoms with E-state index >= 15 is 0 Å². The monoisotopic (exact) mass is 213 g/mol. The molecule has 4 N–H and O–H groups in total. The van der Waals surface area contributed by atoms with Crippen molar-refractivity contribution in [1.82, 2.24) is 4.90 Å². The zero-order valence-electron chi connectivity index (χ0n) is 9.99. The van der Waals surface area contributed by atoms with Gasteiger partial charge in [0.1, 0.15) is 5.54 Å². The fraction of sp³-hybridized carbons (Fsp3) is 0.909. The van der Waals surface area contributed by atoms with Crippen LogP contribution in [-0.4, -0.2) is 35.5 Å². The lowest BCUT2D eigenvalue weighted by atomic mass is 9.92. The van der Waals surface area contributed by atoms with Crippen LogP contribution in [-0.2, 0) is 4.79 Å². The Kier molecular flexibility index (Phi) is 3.73. The van der Waals surface area contributed by atoms with Crippen LogP contribution in [0, 0.1) is 5.92 Å². The van der Waals surface area contributed by atoms with Crippen LogP contribution >= 0.6 is 0 Å². The fourth-order valence-electron chi connectivity index (χ4n) is 2.10. The van der Waals surface area contributed by atoms with E-state index in [9.17, 15) is 4.79 Å². The van der Waals surface area contributed by atoms with Gasteiger partial charge in [-0.2, -0.15) is 0 Å². The van der Waals surface area contributed by atoms with Gasteiger partial charge in [0.2, 0.25) is 5.91 Å². The van der Waals surface area contributed by atoms with Crippen molar-refractivity contribution in [2.24, 2.45) is 17.4 Å². The lowest BCUT2D eigenvalue weighted by molar-refractivity contribution is -0.123. The van der Waals surface area contributed by atoms with Crippen LogP contribution in [0.2, 0.25) is 0 Å². The number of primary amides is 1. The maximum atomic E-state index is 11.2. The summed E-state index contributed by atoms with van der Waals surface area (Å²) in [6.45, 7) is 7.70. The highest BCUT2D eigenvalue weighted by atomic mass is 16.1. The number of hydrogen-bond acceptors (Lipinski definition) is 3. The number of amides is 1. The van der Waals surface area contributed by atoms with Gasteiger partial charge in [-0.3, -0.25) is 9.69 Å². The van der Waals surface area contributed by atoms with Gasteiger partial charge in [0.25, 0.3) is 0 Å². The molecule has 1 rings (SSSR count). The molecule has 88 valence electrons. The molecule has 1 fully saturated rings. The molecular weight excluding hydrogens is 190 g/mol.